The number of carbonyl (C=O) groups is 1. The highest BCUT2D eigenvalue weighted by atomic mass is 19.2. The molecule has 0 amide bonds. The maximum Gasteiger partial charge on any atom is 0.162 e. The summed E-state index contributed by atoms with van der Waals surface area (Å²) >= 11 is 0. The van der Waals surface area contributed by atoms with Crippen LogP contribution >= 0.6 is 0 Å². The lowest BCUT2D eigenvalue weighted by Crippen LogP contribution is -2.21. The zero-order valence-corrected chi connectivity index (χ0v) is 13.6. The minimum atomic E-state index is -1.95. The molecule has 0 radical (unpaired) electrons. The molecule has 0 fully saturated rings. The van der Waals surface area contributed by atoms with Crippen LogP contribution in [0.1, 0.15) is 31.5 Å². The van der Waals surface area contributed by atoms with E-state index in [4.69, 9.17) is 0 Å². The average Bonchev–Trinajstić information content (AvgIpc) is 2.57. The molecule has 1 N–H and O–H groups in total. The molecule has 0 saturated heterocycles. The van der Waals surface area contributed by atoms with Gasteiger partial charge in [0.25, 0.3) is 0 Å². The number of hydrogen-bond acceptors (Lipinski definition) is 3. The molecule has 2 atom stereocenters. The normalized spacial score (nSPS) is 21.5. The van der Waals surface area contributed by atoms with Crippen molar-refractivity contribution in [1.29, 1.82) is 0 Å². The van der Waals surface area contributed by atoms with Crippen LogP contribution < -0.4 is 0 Å². The molecule has 1 heterocycles. The summed E-state index contributed by atoms with van der Waals surface area (Å²) in [7, 11) is 0. The van der Waals surface area contributed by atoms with E-state index < -0.39 is 17.9 Å². The van der Waals surface area contributed by atoms with Gasteiger partial charge in [-0.2, -0.15) is 0 Å². The Morgan fingerprint density at radius 1 is 1.46 bits per heavy atom. The number of rotatable bonds is 5. The van der Waals surface area contributed by atoms with Gasteiger partial charge in [0.15, 0.2) is 12.5 Å². The molecule has 0 bridgehead atoms. The van der Waals surface area contributed by atoms with Crippen LogP contribution in [0.25, 0.3) is 11.1 Å². The van der Waals surface area contributed by atoms with E-state index >= 15 is 0 Å². The Morgan fingerprint density at radius 2 is 2.17 bits per heavy atom. The summed E-state index contributed by atoms with van der Waals surface area (Å²) in [5.74, 6) is -1.77. The quantitative estimate of drug-likeness (QED) is 0.626. The number of aliphatic hydroxyl groups excluding tert-OH is 1. The van der Waals surface area contributed by atoms with Crippen LogP contribution in [0, 0.1) is 5.92 Å². The van der Waals surface area contributed by atoms with Gasteiger partial charge >= 0.3 is 0 Å². The summed E-state index contributed by atoms with van der Waals surface area (Å²) in [5.41, 5.74) is 2.01. The van der Waals surface area contributed by atoms with Gasteiger partial charge in [-0.25, -0.2) is 8.78 Å². The molecular formula is C19H19F2NO2. The molecule has 0 saturated carbocycles. The fraction of sp³-hybridized carbons (Fsp3) is 0.263. The summed E-state index contributed by atoms with van der Waals surface area (Å²) in [6.45, 7) is 7.34. The number of carbonyl (C=O) groups excluding carboxylic acids is 1. The third kappa shape index (κ3) is 3.35. The Morgan fingerprint density at radius 3 is 2.67 bits per heavy atom. The van der Waals surface area contributed by atoms with Crippen LogP contribution in [-0.2, 0) is 4.79 Å². The molecule has 24 heavy (non-hydrogen) atoms. The van der Waals surface area contributed by atoms with Gasteiger partial charge < -0.3 is 5.11 Å². The summed E-state index contributed by atoms with van der Waals surface area (Å²) in [5, 5.41) is 9.66. The largest absolute Gasteiger partial charge is 0.512 e. The maximum atomic E-state index is 14.2. The molecule has 2 unspecified atom stereocenters. The predicted molar refractivity (Wildman–Crippen MR) is 90.5 cm³/mol. The van der Waals surface area contributed by atoms with Crippen LogP contribution in [0.15, 0.2) is 54.2 Å². The highest BCUT2D eigenvalue weighted by Crippen LogP contribution is 2.35. The third-order valence-corrected chi connectivity index (χ3v) is 4.08. The van der Waals surface area contributed by atoms with E-state index in [1.807, 2.05) is 6.92 Å². The van der Waals surface area contributed by atoms with E-state index in [9.17, 15) is 18.7 Å². The van der Waals surface area contributed by atoms with Crippen molar-refractivity contribution in [2.75, 3.05) is 0 Å². The van der Waals surface area contributed by atoms with Crippen molar-refractivity contribution in [2.45, 2.75) is 26.4 Å². The first kappa shape index (κ1) is 17.8. The molecule has 126 valence electrons. The van der Waals surface area contributed by atoms with E-state index in [-0.39, 0.29) is 11.3 Å². The van der Waals surface area contributed by atoms with Gasteiger partial charge in [-0.1, -0.05) is 31.7 Å². The lowest BCUT2D eigenvalue weighted by Gasteiger charge is -2.22. The fourth-order valence-corrected chi connectivity index (χ4v) is 2.69. The summed E-state index contributed by atoms with van der Waals surface area (Å²) < 4.78 is 28.0. The van der Waals surface area contributed by atoms with Gasteiger partial charge in [-0.3, -0.25) is 9.78 Å². The van der Waals surface area contributed by atoms with Crippen LogP contribution in [0.5, 0.6) is 0 Å². The van der Waals surface area contributed by atoms with Crippen LogP contribution in [-0.4, -0.2) is 22.5 Å². The molecule has 1 aliphatic rings. The Balaban J connectivity index is 2.26. The third-order valence-electron chi connectivity index (χ3n) is 4.08. The monoisotopic (exact) mass is 331 g/mol. The minimum Gasteiger partial charge on any atom is -0.512 e. The number of aldehydes is 1. The fourth-order valence-electron chi connectivity index (χ4n) is 2.69. The summed E-state index contributed by atoms with van der Waals surface area (Å²) in [6, 6.07) is 3.42. The Bertz CT molecular complexity index is 741. The molecule has 1 aliphatic carbocycles. The first-order valence-corrected chi connectivity index (χ1v) is 7.62. The Hall–Kier alpha value is -2.56. The van der Waals surface area contributed by atoms with E-state index in [1.54, 1.807) is 25.3 Å². The number of halogens is 2. The summed E-state index contributed by atoms with van der Waals surface area (Å²) in [6.07, 6.45) is 3.24. The van der Waals surface area contributed by atoms with Crippen molar-refractivity contribution in [3.05, 3.63) is 65.5 Å². The highest BCUT2D eigenvalue weighted by molar-refractivity contribution is 5.80. The van der Waals surface area contributed by atoms with Crippen LogP contribution in [0.3, 0.4) is 0 Å². The van der Waals surface area contributed by atoms with Crippen LogP contribution in [0.2, 0.25) is 0 Å². The van der Waals surface area contributed by atoms with E-state index in [2.05, 4.69) is 11.6 Å². The molecule has 0 spiro atoms. The molecule has 2 rings (SSSR count). The predicted octanol–water partition coefficient (Wildman–Crippen LogP) is 4.74. The van der Waals surface area contributed by atoms with Crippen molar-refractivity contribution in [3.63, 3.8) is 0 Å². The number of allylic oxidation sites excluding steroid dienone is 7. The highest BCUT2D eigenvalue weighted by Gasteiger charge is 2.31. The van der Waals surface area contributed by atoms with Crippen molar-refractivity contribution in [1.82, 2.24) is 4.98 Å². The van der Waals surface area contributed by atoms with Gasteiger partial charge in [0.05, 0.1) is 11.5 Å². The Labute approximate surface area is 139 Å². The van der Waals surface area contributed by atoms with Gasteiger partial charge in [-0.15, -0.1) is 0 Å². The number of hydrogen-bond donors (Lipinski definition) is 1. The standard InChI is InChI=1S/C19H19F2NO2/c1-4-15(12(3)24)13-6-8-17(22-9-13)11(2)16-7-5-14(10-23)18(20)19(16)21/h5-10,16,19,24H,2,4H2,1,3H3/b15-12+. The maximum absolute atomic E-state index is 14.2. The number of pyridine rings is 1. The number of nitrogens with zero attached hydrogens (tertiary/aromatic N) is 1. The number of aromatic nitrogens is 1. The van der Waals surface area contributed by atoms with E-state index in [1.165, 1.54) is 12.2 Å². The first-order valence-electron chi connectivity index (χ1n) is 7.62. The number of alkyl halides is 1. The zero-order chi connectivity index (χ0) is 17.9. The summed E-state index contributed by atoms with van der Waals surface area (Å²) in [4.78, 5) is 14.9. The SMILES string of the molecule is C=C(c1ccc(/C(CC)=C(\C)O)cn1)C1C=CC(C=O)=C(F)C1F. The zero-order valence-electron chi connectivity index (χ0n) is 13.6. The second-order valence-electron chi connectivity index (χ2n) is 5.58. The molecule has 3 nitrogen and oxygen atoms in total. The minimum absolute atomic E-state index is 0.221. The molecule has 1 aromatic heterocycles. The van der Waals surface area contributed by atoms with Gasteiger partial charge in [0.1, 0.15) is 5.83 Å². The van der Waals surface area contributed by atoms with E-state index in [0.717, 1.165) is 11.1 Å². The van der Waals surface area contributed by atoms with Crippen molar-refractivity contribution >= 4 is 17.4 Å². The van der Waals surface area contributed by atoms with E-state index in [0.29, 0.717) is 24.0 Å². The smallest absolute Gasteiger partial charge is 0.162 e. The second-order valence-corrected chi connectivity index (χ2v) is 5.58. The second kappa shape index (κ2) is 7.34. The average molecular weight is 331 g/mol. The molecule has 1 aromatic rings. The van der Waals surface area contributed by atoms with Crippen LogP contribution in [0.4, 0.5) is 8.78 Å². The lowest BCUT2D eigenvalue weighted by molar-refractivity contribution is -0.104. The lowest BCUT2D eigenvalue weighted by atomic mass is 9.86. The topological polar surface area (TPSA) is 50.2 Å². The molecular weight excluding hydrogens is 312 g/mol. The number of aliphatic hydroxyl groups is 1. The molecule has 5 heteroatoms. The Kier molecular flexibility index (Phi) is 5.44. The van der Waals surface area contributed by atoms with Gasteiger partial charge in [0.2, 0.25) is 0 Å². The van der Waals surface area contributed by atoms with Gasteiger partial charge in [0, 0.05) is 17.7 Å². The van der Waals surface area contributed by atoms with Crippen molar-refractivity contribution in [2.24, 2.45) is 5.92 Å². The van der Waals surface area contributed by atoms with Gasteiger partial charge in [-0.05, 0) is 36.1 Å². The molecule has 0 aliphatic heterocycles. The van der Waals surface area contributed by atoms with Crippen molar-refractivity contribution in [3.8, 4) is 0 Å². The van der Waals surface area contributed by atoms with Crippen molar-refractivity contribution < 1.29 is 18.7 Å². The first-order chi connectivity index (χ1) is 11.4. The molecule has 0 aromatic carbocycles.